The number of nitrogen functional groups attached to an aromatic ring is 1. The van der Waals surface area contributed by atoms with Crippen molar-refractivity contribution in [2.45, 2.75) is 32.7 Å². The molecule has 0 aliphatic heterocycles. The molecule has 0 heterocycles. The zero-order valence-electron chi connectivity index (χ0n) is 11.3. The standard InChI is InChI=1S/C13H22N2O2S/c1-4-5-9-18(16,17)15(3)11(2)12-7-6-8-13(14)10-12/h6-8,10-11H,4-5,9,14H2,1-3H3. The van der Waals surface area contributed by atoms with Gasteiger partial charge in [0.15, 0.2) is 0 Å². The SMILES string of the molecule is CCCCS(=O)(=O)N(C)C(C)c1cccc(N)c1. The van der Waals surface area contributed by atoms with Crippen molar-refractivity contribution in [3.05, 3.63) is 29.8 Å². The van der Waals surface area contributed by atoms with E-state index in [1.807, 2.05) is 32.0 Å². The van der Waals surface area contributed by atoms with E-state index in [0.29, 0.717) is 12.1 Å². The Morgan fingerprint density at radius 1 is 1.39 bits per heavy atom. The molecular weight excluding hydrogens is 248 g/mol. The molecule has 4 nitrogen and oxygen atoms in total. The lowest BCUT2D eigenvalue weighted by atomic mass is 10.1. The van der Waals surface area contributed by atoms with Gasteiger partial charge in [0.2, 0.25) is 10.0 Å². The smallest absolute Gasteiger partial charge is 0.214 e. The minimum Gasteiger partial charge on any atom is -0.399 e. The zero-order valence-corrected chi connectivity index (χ0v) is 12.1. The van der Waals surface area contributed by atoms with Crippen molar-refractivity contribution >= 4 is 15.7 Å². The summed E-state index contributed by atoms with van der Waals surface area (Å²) in [4.78, 5) is 0. The van der Waals surface area contributed by atoms with Crippen molar-refractivity contribution in [3.63, 3.8) is 0 Å². The first-order valence-electron chi connectivity index (χ1n) is 6.19. The van der Waals surface area contributed by atoms with Gasteiger partial charge in [0.1, 0.15) is 0 Å². The summed E-state index contributed by atoms with van der Waals surface area (Å²) >= 11 is 0. The molecule has 1 atom stereocenters. The number of hydrogen-bond donors (Lipinski definition) is 1. The number of benzene rings is 1. The fourth-order valence-electron chi connectivity index (χ4n) is 1.74. The zero-order chi connectivity index (χ0) is 13.8. The third-order valence-corrected chi connectivity index (χ3v) is 5.13. The van der Waals surface area contributed by atoms with Gasteiger partial charge in [-0.25, -0.2) is 8.42 Å². The Morgan fingerprint density at radius 3 is 2.61 bits per heavy atom. The Hall–Kier alpha value is -1.07. The van der Waals surface area contributed by atoms with Gasteiger partial charge in [0, 0.05) is 18.8 Å². The fourth-order valence-corrected chi connectivity index (χ4v) is 3.29. The maximum Gasteiger partial charge on any atom is 0.214 e. The van der Waals surface area contributed by atoms with Gasteiger partial charge in [-0.05, 0) is 31.0 Å². The van der Waals surface area contributed by atoms with Crippen molar-refractivity contribution in [1.29, 1.82) is 0 Å². The highest BCUT2D eigenvalue weighted by Crippen LogP contribution is 2.23. The molecule has 102 valence electrons. The van der Waals surface area contributed by atoms with Gasteiger partial charge in [0.25, 0.3) is 0 Å². The van der Waals surface area contributed by atoms with Crippen LogP contribution in [-0.2, 0) is 10.0 Å². The van der Waals surface area contributed by atoms with E-state index in [9.17, 15) is 8.42 Å². The molecule has 5 heteroatoms. The van der Waals surface area contributed by atoms with Crippen LogP contribution in [0.4, 0.5) is 5.69 Å². The van der Waals surface area contributed by atoms with Crippen LogP contribution in [0.2, 0.25) is 0 Å². The van der Waals surface area contributed by atoms with Crippen LogP contribution in [0.5, 0.6) is 0 Å². The van der Waals surface area contributed by atoms with Crippen LogP contribution < -0.4 is 5.73 Å². The summed E-state index contributed by atoms with van der Waals surface area (Å²) < 4.78 is 25.6. The van der Waals surface area contributed by atoms with Crippen LogP contribution in [0.1, 0.15) is 38.3 Å². The third kappa shape index (κ3) is 3.71. The van der Waals surface area contributed by atoms with E-state index in [4.69, 9.17) is 5.73 Å². The molecule has 0 aromatic heterocycles. The number of sulfonamides is 1. The van der Waals surface area contributed by atoms with Crippen molar-refractivity contribution in [1.82, 2.24) is 4.31 Å². The third-order valence-electron chi connectivity index (χ3n) is 3.13. The minimum atomic E-state index is -3.19. The van der Waals surface area contributed by atoms with Crippen LogP contribution in [0, 0.1) is 0 Å². The maximum atomic E-state index is 12.1. The minimum absolute atomic E-state index is 0.199. The van der Waals surface area contributed by atoms with Crippen molar-refractivity contribution < 1.29 is 8.42 Å². The van der Waals surface area contributed by atoms with Crippen molar-refractivity contribution in [2.75, 3.05) is 18.5 Å². The van der Waals surface area contributed by atoms with E-state index < -0.39 is 10.0 Å². The van der Waals surface area contributed by atoms with Crippen LogP contribution in [0.3, 0.4) is 0 Å². The van der Waals surface area contributed by atoms with Gasteiger partial charge in [-0.2, -0.15) is 4.31 Å². The normalized spacial score (nSPS) is 13.8. The summed E-state index contributed by atoms with van der Waals surface area (Å²) in [6.07, 6.45) is 1.57. The van der Waals surface area contributed by atoms with Gasteiger partial charge in [-0.15, -0.1) is 0 Å². The second-order valence-electron chi connectivity index (χ2n) is 4.53. The molecule has 18 heavy (non-hydrogen) atoms. The molecule has 0 bridgehead atoms. The highest BCUT2D eigenvalue weighted by atomic mass is 32.2. The average Bonchev–Trinajstić information content (AvgIpc) is 2.34. The second kappa shape index (κ2) is 6.20. The molecule has 0 saturated heterocycles. The molecular formula is C13H22N2O2S. The van der Waals surface area contributed by atoms with E-state index in [1.165, 1.54) is 4.31 Å². The Balaban J connectivity index is 2.87. The monoisotopic (exact) mass is 270 g/mol. The molecule has 1 rings (SSSR count). The first-order chi connectivity index (χ1) is 8.38. The van der Waals surface area contributed by atoms with Gasteiger partial charge < -0.3 is 5.73 Å². The second-order valence-corrected chi connectivity index (χ2v) is 6.68. The maximum absolute atomic E-state index is 12.1. The first kappa shape index (κ1) is 15.0. The molecule has 1 aromatic rings. The molecule has 0 radical (unpaired) electrons. The van der Waals surface area contributed by atoms with E-state index in [0.717, 1.165) is 12.0 Å². The number of nitrogens with two attached hydrogens (primary N) is 1. The van der Waals surface area contributed by atoms with Crippen LogP contribution in [-0.4, -0.2) is 25.5 Å². The van der Waals surface area contributed by atoms with Crippen molar-refractivity contribution in [3.8, 4) is 0 Å². The van der Waals surface area contributed by atoms with E-state index in [1.54, 1.807) is 13.1 Å². The van der Waals surface area contributed by atoms with Gasteiger partial charge in [-0.3, -0.25) is 0 Å². The lowest BCUT2D eigenvalue weighted by molar-refractivity contribution is 0.397. The summed E-state index contributed by atoms with van der Waals surface area (Å²) in [6.45, 7) is 3.86. The molecule has 0 amide bonds. The predicted molar refractivity (Wildman–Crippen MR) is 75.7 cm³/mol. The Labute approximate surface area is 110 Å². The summed E-state index contributed by atoms with van der Waals surface area (Å²) in [6, 6.07) is 7.15. The number of anilines is 1. The van der Waals surface area contributed by atoms with Crippen LogP contribution in [0.25, 0.3) is 0 Å². The van der Waals surface area contributed by atoms with E-state index in [2.05, 4.69) is 0 Å². The average molecular weight is 270 g/mol. The molecule has 1 aromatic carbocycles. The quantitative estimate of drug-likeness (QED) is 0.807. The number of nitrogens with zero attached hydrogens (tertiary/aromatic N) is 1. The molecule has 0 aliphatic carbocycles. The highest BCUT2D eigenvalue weighted by molar-refractivity contribution is 7.89. The Morgan fingerprint density at radius 2 is 2.06 bits per heavy atom. The lowest BCUT2D eigenvalue weighted by Gasteiger charge is -2.24. The molecule has 1 unspecified atom stereocenters. The summed E-state index contributed by atoms with van der Waals surface area (Å²) in [5.41, 5.74) is 7.28. The topological polar surface area (TPSA) is 63.4 Å². The summed E-state index contributed by atoms with van der Waals surface area (Å²) in [5, 5.41) is 0. The Bertz CT molecular complexity index is 486. The lowest BCUT2D eigenvalue weighted by Crippen LogP contribution is -2.31. The molecule has 0 spiro atoms. The fraction of sp³-hybridized carbons (Fsp3) is 0.538. The first-order valence-corrected chi connectivity index (χ1v) is 7.80. The van der Waals surface area contributed by atoms with Gasteiger partial charge >= 0.3 is 0 Å². The highest BCUT2D eigenvalue weighted by Gasteiger charge is 2.23. The number of rotatable bonds is 6. The predicted octanol–water partition coefficient (Wildman–Crippen LogP) is 2.39. The van der Waals surface area contributed by atoms with E-state index >= 15 is 0 Å². The summed E-state index contributed by atoms with van der Waals surface area (Å²) in [5.74, 6) is 0.201. The largest absolute Gasteiger partial charge is 0.399 e. The van der Waals surface area contributed by atoms with E-state index in [-0.39, 0.29) is 11.8 Å². The van der Waals surface area contributed by atoms with Crippen molar-refractivity contribution in [2.24, 2.45) is 0 Å². The summed E-state index contributed by atoms with van der Waals surface area (Å²) in [7, 11) is -1.57. The number of hydrogen-bond acceptors (Lipinski definition) is 3. The van der Waals surface area contributed by atoms with Crippen LogP contribution >= 0.6 is 0 Å². The van der Waals surface area contributed by atoms with Gasteiger partial charge in [0.05, 0.1) is 5.75 Å². The van der Waals surface area contributed by atoms with Crippen LogP contribution in [0.15, 0.2) is 24.3 Å². The molecule has 0 aliphatic rings. The number of unbranched alkanes of at least 4 members (excludes halogenated alkanes) is 1. The molecule has 0 saturated carbocycles. The Kier molecular flexibility index (Phi) is 5.16. The molecule has 0 fully saturated rings. The molecule has 2 N–H and O–H groups in total. The van der Waals surface area contributed by atoms with Gasteiger partial charge in [-0.1, -0.05) is 25.5 Å².